The number of fused-ring (bicyclic) bond motifs is 2. The van der Waals surface area contributed by atoms with Gasteiger partial charge in [0.25, 0.3) is 0 Å². The Kier molecular flexibility index (Phi) is 7.45. The Labute approximate surface area is 276 Å². The first-order valence-electron chi connectivity index (χ1n) is 16.1. The van der Waals surface area contributed by atoms with Crippen LogP contribution in [0.1, 0.15) is 5.56 Å². The van der Waals surface area contributed by atoms with Crippen LogP contribution in [0, 0.1) is 6.92 Å². The van der Waals surface area contributed by atoms with Crippen molar-refractivity contribution >= 4 is 55.7 Å². The minimum absolute atomic E-state index is 1.12. The van der Waals surface area contributed by atoms with E-state index < -0.39 is 0 Å². The third-order valence-corrected chi connectivity index (χ3v) is 8.95. The monoisotopic (exact) mass is 602 g/mol. The Morgan fingerprint density at radius 1 is 0.319 bits per heavy atom. The SMILES string of the molecule is Cc1ccc2ccccc2c1N(c1ccccc1)c1ccc(-c2ccc(N(c3ccccc3)c3cccc4ccccc34)cc2)cc1. The Morgan fingerprint density at radius 3 is 1.38 bits per heavy atom. The molecule has 0 saturated carbocycles. The minimum atomic E-state index is 1.12. The lowest BCUT2D eigenvalue weighted by atomic mass is 10.0. The van der Waals surface area contributed by atoms with Gasteiger partial charge in [-0.1, -0.05) is 133 Å². The van der Waals surface area contributed by atoms with Crippen molar-refractivity contribution in [1.82, 2.24) is 0 Å². The summed E-state index contributed by atoms with van der Waals surface area (Å²) in [5.74, 6) is 0. The van der Waals surface area contributed by atoms with Gasteiger partial charge in [-0.25, -0.2) is 0 Å². The number of rotatable bonds is 7. The van der Waals surface area contributed by atoms with Crippen molar-refractivity contribution in [3.05, 3.63) is 194 Å². The molecule has 0 unspecified atom stereocenters. The van der Waals surface area contributed by atoms with Gasteiger partial charge in [0.1, 0.15) is 0 Å². The molecule has 0 aromatic heterocycles. The number of hydrogen-bond donors (Lipinski definition) is 0. The second kappa shape index (κ2) is 12.3. The molecule has 0 bridgehead atoms. The standard InChI is InChI=1S/C45H34N2/c1-33-23-24-37-14-9-11-21-43(37)45(33)47(39-18-6-3-7-19-39)41-31-27-35(28-32-41)34-25-29-40(30-26-34)46(38-16-4-2-5-17-38)44-22-12-15-36-13-8-10-20-42(36)44/h2-32H,1H3. The fourth-order valence-electron chi connectivity index (χ4n) is 6.66. The molecule has 0 heterocycles. The molecule has 2 nitrogen and oxygen atoms in total. The molecule has 2 heteroatoms. The topological polar surface area (TPSA) is 6.48 Å². The van der Waals surface area contributed by atoms with Crippen molar-refractivity contribution < 1.29 is 0 Å². The molecule has 0 radical (unpaired) electrons. The Bertz CT molecular complexity index is 2290. The largest absolute Gasteiger partial charge is 0.310 e. The molecule has 0 aliphatic rings. The molecule has 224 valence electrons. The first-order valence-corrected chi connectivity index (χ1v) is 16.1. The summed E-state index contributed by atoms with van der Waals surface area (Å²) in [7, 11) is 0. The molecule has 8 rings (SSSR count). The summed E-state index contributed by atoms with van der Waals surface area (Å²) in [5, 5.41) is 4.93. The predicted molar refractivity (Wildman–Crippen MR) is 201 cm³/mol. The predicted octanol–water partition coefficient (Wildman–Crippen LogP) is 12.9. The average molecular weight is 603 g/mol. The molecule has 8 aromatic rings. The van der Waals surface area contributed by atoms with Gasteiger partial charge in [-0.2, -0.15) is 0 Å². The van der Waals surface area contributed by atoms with Gasteiger partial charge < -0.3 is 9.80 Å². The van der Waals surface area contributed by atoms with Crippen LogP contribution in [0.2, 0.25) is 0 Å². The average Bonchev–Trinajstić information content (AvgIpc) is 3.14. The van der Waals surface area contributed by atoms with E-state index in [1.54, 1.807) is 0 Å². The summed E-state index contributed by atoms with van der Waals surface area (Å²) in [4.78, 5) is 4.73. The lowest BCUT2D eigenvalue weighted by molar-refractivity contribution is 1.27. The number of nitrogens with zero attached hydrogens (tertiary/aromatic N) is 2. The van der Waals surface area contributed by atoms with E-state index in [0.29, 0.717) is 0 Å². The van der Waals surface area contributed by atoms with Crippen LogP contribution in [-0.4, -0.2) is 0 Å². The normalized spacial score (nSPS) is 11.1. The van der Waals surface area contributed by atoms with E-state index in [4.69, 9.17) is 0 Å². The second-order valence-corrected chi connectivity index (χ2v) is 11.9. The van der Waals surface area contributed by atoms with Crippen molar-refractivity contribution in [2.75, 3.05) is 9.80 Å². The Hall–Kier alpha value is -6.12. The van der Waals surface area contributed by atoms with Gasteiger partial charge >= 0.3 is 0 Å². The molecule has 0 aliphatic heterocycles. The molecule has 0 atom stereocenters. The van der Waals surface area contributed by atoms with Crippen LogP contribution in [0.3, 0.4) is 0 Å². The van der Waals surface area contributed by atoms with E-state index in [0.717, 1.165) is 28.4 Å². The molecule has 0 saturated heterocycles. The zero-order valence-electron chi connectivity index (χ0n) is 26.3. The highest BCUT2D eigenvalue weighted by atomic mass is 15.1. The summed E-state index contributed by atoms with van der Waals surface area (Å²) in [6, 6.07) is 67.3. The number of anilines is 6. The highest BCUT2D eigenvalue weighted by Gasteiger charge is 2.18. The third-order valence-electron chi connectivity index (χ3n) is 8.95. The maximum absolute atomic E-state index is 2.38. The first-order chi connectivity index (χ1) is 23.2. The molecule has 0 amide bonds. The van der Waals surface area contributed by atoms with Crippen molar-refractivity contribution in [2.45, 2.75) is 6.92 Å². The number of hydrogen-bond acceptors (Lipinski definition) is 2. The summed E-state index contributed by atoms with van der Waals surface area (Å²) in [6.07, 6.45) is 0. The minimum Gasteiger partial charge on any atom is -0.310 e. The van der Waals surface area contributed by atoms with Gasteiger partial charge in [0, 0.05) is 33.5 Å². The summed E-state index contributed by atoms with van der Waals surface area (Å²) < 4.78 is 0. The van der Waals surface area contributed by atoms with Crippen LogP contribution < -0.4 is 9.80 Å². The highest BCUT2D eigenvalue weighted by molar-refractivity contribution is 6.01. The third kappa shape index (κ3) is 5.41. The van der Waals surface area contributed by atoms with E-state index in [9.17, 15) is 0 Å². The van der Waals surface area contributed by atoms with Crippen molar-refractivity contribution in [2.24, 2.45) is 0 Å². The number of aryl methyl sites for hydroxylation is 1. The van der Waals surface area contributed by atoms with Gasteiger partial charge in [-0.15, -0.1) is 0 Å². The van der Waals surface area contributed by atoms with E-state index in [2.05, 4.69) is 205 Å². The van der Waals surface area contributed by atoms with Gasteiger partial charge in [-0.3, -0.25) is 0 Å². The van der Waals surface area contributed by atoms with Crippen LogP contribution in [0.4, 0.5) is 34.1 Å². The molecule has 0 aliphatic carbocycles. The molecular weight excluding hydrogens is 569 g/mol. The fourth-order valence-corrected chi connectivity index (χ4v) is 6.66. The molecule has 0 N–H and O–H groups in total. The van der Waals surface area contributed by atoms with Crippen LogP contribution in [-0.2, 0) is 0 Å². The first kappa shape index (κ1) is 28.4. The molecule has 47 heavy (non-hydrogen) atoms. The molecule has 8 aromatic carbocycles. The van der Waals surface area contributed by atoms with Crippen molar-refractivity contribution in [3.8, 4) is 11.1 Å². The van der Waals surface area contributed by atoms with E-state index >= 15 is 0 Å². The summed E-state index contributed by atoms with van der Waals surface area (Å²) in [6.45, 7) is 2.20. The quantitative estimate of drug-likeness (QED) is 0.179. The van der Waals surface area contributed by atoms with Crippen molar-refractivity contribution in [3.63, 3.8) is 0 Å². The van der Waals surface area contributed by atoms with Crippen LogP contribution in [0.25, 0.3) is 32.7 Å². The van der Waals surface area contributed by atoms with E-state index in [1.165, 1.54) is 43.9 Å². The zero-order valence-corrected chi connectivity index (χ0v) is 26.3. The molecule has 0 fully saturated rings. The maximum atomic E-state index is 2.38. The Balaban J connectivity index is 1.17. The van der Waals surface area contributed by atoms with Gasteiger partial charge in [0.05, 0.1) is 11.4 Å². The fraction of sp³-hybridized carbons (Fsp3) is 0.0222. The van der Waals surface area contributed by atoms with Crippen LogP contribution >= 0.6 is 0 Å². The zero-order chi connectivity index (χ0) is 31.6. The number of para-hydroxylation sites is 2. The van der Waals surface area contributed by atoms with Crippen LogP contribution in [0.15, 0.2) is 188 Å². The Morgan fingerprint density at radius 2 is 0.766 bits per heavy atom. The van der Waals surface area contributed by atoms with E-state index in [1.807, 2.05) is 0 Å². The number of benzene rings is 8. The highest BCUT2D eigenvalue weighted by Crippen LogP contribution is 2.42. The summed E-state index contributed by atoms with van der Waals surface area (Å²) >= 11 is 0. The maximum Gasteiger partial charge on any atom is 0.0569 e. The smallest absolute Gasteiger partial charge is 0.0569 e. The second-order valence-electron chi connectivity index (χ2n) is 11.9. The van der Waals surface area contributed by atoms with Gasteiger partial charge in [-0.05, 0) is 89.0 Å². The lowest BCUT2D eigenvalue weighted by Gasteiger charge is -2.28. The molecule has 0 spiro atoms. The van der Waals surface area contributed by atoms with Crippen LogP contribution in [0.5, 0.6) is 0 Å². The van der Waals surface area contributed by atoms with Crippen molar-refractivity contribution in [1.29, 1.82) is 0 Å². The summed E-state index contributed by atoms with van der Waals surface area (Å²) in [5.41, 5.74) is 10.5. The van der Waals surface area contributed by atoms with E-state index in [-0.39, 0.29) is 0 Å². The lowest BCUT2D eigenvalue weighted by Crippen LogP contribution is -2.11. The van der Waals surface area contributed by atoms with Gasteiger partial charge in [0.2, 0.25) is 0 Å². The van der Waals surface area contributed by atoms with Gasteiger partial charge in [0.15, 0.2) is 0 Å². The molecular formula is C45H34N2.